The maximum Gasteiger partial charge on any atom is 0.274 e. The number of hydrogen-bond acceptors (Lipinski definition) is 4. The Bertz CT molecular complexity index is 914. The summed E-state index contributed by atoms with van der Waals surface area (Å²) in [5.41, 5.74) is 1.52. The molecule has 0 fully saturated rings. The van der Waals surface area contributed by atoms with Crippen LogP contribution in [0.4, 0.5) is 15.9 Å². The van der Waals surface area contributed by atoms with Crippen LogP contribution in [0.5, 0.6) is 0 Å². The summed E-state index contributed by atoms with van der Waals surface area (Å²) in [5.74, 6) is -0.245. The molecule has 3 aromatic rings. The van der Waals surface area contributed by atoms with Crippen molar-refractivity contribution in [1.29, 1.82) is 0 Å². The summed E-state index contributed by atoms with van der Waals surface area (Å²) in [5, 5.41) is 6.57. The van der Waals surface area contributed by atoms with E-state index >= 15 is 0 Å². The Hall–Kier alpha value is -2.70. The zero-order chi connectivity index (χ0) is 18.5. The maximum atomic E-state index is 12.9. The van der Waals surface area contributed by atoms with Crippen molar-refractivity contribution in [2.75, 3.05) is 10.6 Å². The number of hydrogen-bond donors (Lipinski definition) is 2. The highest BCUT2D eigenvalue weighted by atomic mass is 35.5. The maximum absolute atomic E-state index is 12.9. The normalized spacial score (nSPS) is 10.4. The van der Waals surface area contributed by atoms with E-state index in [1.54, 1.807) is 30.3 Å². The number of rotatable bonds is 5. The molecule has 1 amide bonds. The number of anilines is 2. The Morgan fingerprint density at radius 3 is 2.38 bits per heavy atom. The number of carbonyl (C=O) groups is 1. The lowest BCUT2D eigenvalue weighted by Crippen LogP contribution is -2.14. The molecule has 0 aliphatic carbocycles. The SMILES string of the molecule is O=C(Nc1cc(Cl)cc(Cl)c1)c1cc(NCc2ccc(F)cc2)ncn1. The first-order chi connectivity index (χ1) is 12.5. The minimum Gasteiger partial charge on any atom is -0.366 e. The molecule has 2 N–H and O–H groups in total. The fraction of sp³-hybridized carbons (Fsp3) is 0.0556. The van der Waals surface area contributed by atoms with Crippen LogP contribution in [0.15, 0.2) is 54.9 Å². The average Bonchev–Trinajstić information content (AvgIpc) is 2.60. The molecule has 0 radical (unpaired) electrons. The number of nitrogens with zero attached hydrogens (tertiary/aromatic N) is 2. The van der Waals surface area contributed by atoms with Gasteiger partial charge in [-0.3, -0.25) is 4.79 Å². The van der Waals surface area contributed by atoms with Crippen molar-refractivity contribution < 1.29 is 9.18 Å². The van der Waals surface area contributed by atoms with Gasteiger partial charge in [0.25, 0.3) is 5.91 Å². The van der Waals surface area contributed by atoms with Gasteiger partial charge in [-0.1, -0.05) is 35.3 Å². The van der Waals surface area contributed by atoms with Gasteiger partial charge < -0.3 is 10.6 Å². The van der Waals surface area contributed by atoms with Crippen LogP contribution in [0.1, 0.15) is 16.1 Å². The third-order valence-corrected chi connectivity index (χ3v) is 3.84. The van der Waals surface area contributed by atoms with Crippen LogP contribution in [0.3, 0.4) is 0 Å². The number of benzene rings is 2. The van der Waals surface area contributed by atoms with E-state index in [0.717, 1.165) is 5.56 Å². The molecule has 1 aromatic heterocycles. The summed E-state index contributed by atoms with van der Waals surface area (Å²) in [6.45, 7) is 0.433. The molecule has 3 rings (SSSR count). The van der Waals surface area contributed by atoms with Crippen LogP contribution >= 0.6 is 23.2 Å². The summed E-state index contributed by atoms with van der Waals surface area (Å²) < 4.78 is 12.9. The first-order valence-electron chi connectivity index (χ1n) is 7.57. The molecule has 0 saturated carbocycles. The van der Waals surface area contributed by atoms with Crippen molar-refractivity contribution in [3.8, 4) is 0 Å². The van der Waals surface area contributed by atoms with Gasteiger partial charge in [0, 0.05) is 28.3 Å². The molecular formula is C18H13Cl2FN4O. The van der Waals surface area contributed by atoms with Crippen molar-refractivity contribution in [1.82, 2.24) is 9.97 Å². The molecule has 0 atom stereocenters. The van der Waals surface area contributed by atoms with Gasteiger partial charge in [0.15, 0.2) is 0 Å². The molecule has 132 valence electrons. The zero-order valence-corrected chi connectivity index (χ0v) is 14.9. The van der Waals surface area contributed by atoms with Crippen LogP contribution in [0, 0.1) is 5.82 Å². The Morgan fingerprint density at radius 2 is 1.69 bits per heavy atom. The number of amides is 1. The zero-order valence-electron chi connectivity index (χ0n) is 13.3. The van der Waals surface area contributed by atoms with Gasteiger partial charge >= 0.3 is 0 Å². The largest absolute Gasteiger partial charge is 0.366 e. The Morgan fingerprint density at radius 1 is 1.00 bits per heavy atom. The van der Waals surface area contributed by atoms with E-state index in [2.05, 4.69) is 20.6 Å². The summed E-state index contributed by atoms with van der Waals surface area (Å²) in [6, 6.07) is 12.4. The fourth-order valence-corrected chi connectivity index (χ4v) is 2.72. The van der Waals surface area contributed by atoms with E-state index in [9.17, 15) is 9.18 Å². The van der Waals surface area contributed by atoms with E-state index < -0.39 is 5.91 Å². The number of halogens is 3. The number of carbonyl (C=O) groups excluding carboxylic acids is 1. The topological polar surface area (TPSA) is 66.9 Å². The molecule has 0 aliphatic rings. The Balaban J connectivity index is 1.67. The Labute approximate surface area is 159 Å². The standard InChI is InChI=1S/C18H13Cl2FN4O/c19-12-5-13(20)7-15(6-12)25-18(26)16-8-17(24-10-23-16)22-9-11-1-3-14(21)4-2-11/h1-8,10H,9H2,(H,25,26)(H,22,23,24). The van der Waals surface area contributed by atoms with E-state index in [1.807, 2.05) is 0 Å². The van der Waals surface area contributed by atoms with Crippen molar-refractivity contribution in [3.05, 3.63) is 82.0 Å². The van der Waals surface area contributed by atoms with Gasteiger partial charge in [-0.2, -0.15) is 0 Å². The van der Waals surface area contributed by atoms with E-state index in [1.165, 1.54) is 24.5 Å². The Kier molecular flexibility index (Phi) is 5.65. The van der Waals surface area contributed by atoms with E-state index in [-0.39, 0.29) is 11.5 Å². The van der Waals surface area contributed by atoms with Gasteiger partial charge in [-0.05, 0) is 35.9 Å². The molecule has 2 aromatic carbocycles. The first-order valence-corrected chi connectivity index (χ1v) is 8.33. The lowest BCUT2D eigenvalue weighted by Gasteiger charge is -2.08. The van der Waals surface area contributed by atoms with Crippen LogP contribution in [0.25, 0.3) is 0 Å². The third kappa shape index (κ3) is 4.91. The minimum atomic E-state index is -0.421. The monoisotopic (exact) mass is 390 g/mol. The molecule has 0 unspecified atom stereocenters. The van der Waals surface area contributed by atoms with Gasteiger partial charge in [0.2, 0.25) is 0 Å². The predicted molar refractivity (Wildman–Crippen MR) is 100 cm³/mol. The molecule has 1 heterocycles. The van der Waals surface area contributed by atoms with Crippen LogP contribution in [0.2, 0.25) is 10.0 Å². The molecule has 0 saturated heterocycles. The third-order valence-electron chi connectivity index (χ3n) is 3.41. The second-order valence-corrected chi connectivity index (χ2v) is 6.25. The van der Waals surface area contributed by atoms with Crippen LogP contribution in [-0.2, 0) is 6.54 Å². The predicted octanol–water partition coefficient (Wildman–Crippen LogP) is 4.79. The highest BCUT2D eigenvalue weighted by Crippen LogP contribution is 2.22. The average molecular weight is 391 g/mol. The highest BCUT2D eigenvalue weighted by molar-refractivity contribution is 6.35. The summed E-state index contributed by atoms with van der Waals surface area (Å²) in [7, 11) is 0. The first kappa shape index (κ1) is 18.1. The van der Waals surface area contributed by atoms with Crippen LogP contribution < -0.4 is 10.6 Å². The van der Waals surface area contributed by atoms with E-state index in [0.29, 0.717) is 28.1 Å². The fourth-order valence-electron chi connectivity index (χ4n) is 2.19. The highest BCUT2D eigenvalue weighted by Gasteiger charge is 2.10. The van der Waals surface area contributed by atoms with Crippen molar-refractivity contribution in [2.45, 2.75) is 6.54 Å². The summed E-state index contributed by atoms with van der Waals surface area (Å²) in [6.07, 6.45) is 1.28. The number of aromatic nitrogens is 2. The molecule has 0 bridgehead atoms. The molecule has 0 spiro atoms. The second kappa shape index (κ2) is 8.12. The molecule has 0 aliphatic heterocycles. The lowest BCUT2D eigenvalue weighted by molar-refractivity contribution is 0.102. The smallest absolute Gasteiger partial charge is 0.274 e. The molecular weight excluding hydrogens is 378 g/mol. The second-order valence-electron chi connectivity index (χ2n) is 5.38. The van der Waals surface area contributed by atoms with Crippen molar-refractivity contribution in [3.63, 3.8) is 0 Å². The van der Waals surface area contributed by atoms with Crippen molar-refractivity contribution in [2.24, 2.45) is 0 Å². The minimum absolute atomic E-state index is 0.178. The van der Waals surface area contributed by atoms with Crippen LogP contribution in [-0.4, -0.2) is 15.9 Å². The van der Waals surface area contributed by atoms with Crippen molar-refractivity contribution >= 4 is 40.6 Å². The van der Waals surface area contributed by atoms with Gasteiger partial charge in [0.05, 0.1) is 0 Å². The van der Waals surface area contributed by atoms with Gasteiger partial charge in [0.1, 0.15) is 23.7 Å². The van der Waals surface area contributed by atoms with E-state index in [4.69, 9.17) is 23.2 Å². The lowest BCUT2D eigenvalue weighted by atomic mass is 10.2. The number of nitrogens with one attached hydrogen (secondary N) is 2. The molecule has 26 heavy (non-hydrogen) atoms. The molecule has 5 nitrogen and oxygen atoms in total. The van der Waals surface area contributed by atoms with Gasteiger partial charge in [-0.25, -0.2) is 14.4 Å². The van der Waals surface area contributed by atoms with Gasteiger partial charge in [-0.15, -0.1) is 0 Å². The molecule has 8 heteroatoms. The summed E-state index contributed by atoms with van der Waals surface area (Å²) in [4.78, 5) is 20.4. The summed E-state index contributed by atoms with van der Waals surface area (Å²) >= 11 is 11.8. The quantitative estimate of drug-likeness (QED) is 0.657.